The molecule has 5 nitrogen and oxygen atoms in total. The second-order valence-corrected chi connectivity index (χ2v) is 5.72. The molecular weight excluding hydrogens is 264 g/mol. The van der Waals surface area contributed by atoms with Gasteiger partial charge in [0.1, 0.15) is 0 Å². The molecule has 3 rings (SSSR count). The van der Waals surface area contributed by atoms with Crippen molar-refractivity contribution in [3.05, 3.63) is 35.9 Å². The van der Waals surface area contributed by atoms with Gasteiger partial charge >= 0.3 is 0 Å². The molecule has 0 amide bonds. The van der Waals surface area contributed by atoms with E-state index < -0.39 is 0 Å². The summed E-state index contributed by atoms with van der Waals surface area (Å²) in [7, 11) is 2.07. The zero-order valence-electron chi connectivity index (χ0n) is 12.7. The Bertz CT molecular complexity index is 476. The molecular formula is C16H24N4O. The number of hydrogen-bond acceptors (Lipinski definition) is 5. The third-order valence-electron chi connectivity index (χ3n) is 4.02. The van der Waals surface area contributed by atoms with E-state index in [2.05, 4.69) is 57.5 Å². The quantitative estimate of drug-likeness (QED) is 0.889. The fourth-order valence-electron chi connectivity index (χ4n) is 2.82. The number of likely N-dealkylation sites (N-methyl/N-ethyl adjacent to an activating group) is 1. The molecule has 2 heterocycles. The van der Waals surface area contributed by atoms with Gasteiger partial charge in [0.05, 0.1) is 19.3 Å². The van der Waals surface area contributed by atoms with Crippen LogP contribution < -0.4 is 5.32 Å². The zero-order chi connectivity index (χ0) is 14.5. The third kappa shape index (κ3) is 3.95. The predicted molar refractivity (Wildman–Crippen MR) is 84.4 cm³/mol. The molecule has 1 aromatic rings. The second kappa shape index (κ2) is 6.91. The highest BCUT2D eigenvalue weighted by Gasteiger charge is 2.21. The van der Waals surface area contributed by atoms with Crippen LogP contribution >= 0.6 is 0 Å². The van der Waals surface area contributed by atoms with Gasteiger partial charge in [0.2, 0.25) is 0 Å². The summed E-state index contributed by atoms with van der Waals surface area (Å²) in [5, 5.41) is 3.41. The Hall–Kier alpha value is -1.59. The number of nitrogens with zero attached hydrogens (tertiary/aromatic N) is 3. The summed E-state index contributed by atoms with van der Waals surface area (Å²) < 4.78 is 5.86. The van der Waals surface area contributed by atoms with E-state index >= 15 is 0 Å². The van der Waals surface area contributed by atoms with Gasteiger partial charge in [0.15, 0.2) is 5.96 Å². The minimum absolute atomic E-state index is 0.235. The lowest BCUT2D eigenvalue weighted by Gasteiger charge is -2.33. The standard InChI is InChI=1S/C16H24N4O/c1-19-8-7-17-16(19)18-11-15-13-20(9-10-21-15)12-14-5-3-2-4-6-14/h2-6,15H,7-13H2,1H3,(H,17,18). The van der Waals surface area contributed by atoms with Crippen LogP contribution in [0.2, 0.25) is 0 Å². The molecule has 0 spiro atoms. The van der Waals surface area contributed by atoms with Crippen molar-refractivity contribution in [1.82, 2.24) is 15.1 Å². The highest BCUT2D eigenvalue weighted by Crippen LogP contribution is 2.10. The van der Waals surface area contributed by atoms with E-state index in [0.717, 1.165) is 51.8 Å². The Labute approximate surface area is 126 Å². The first kappa shape index (κ1) is 14.4. The van der Waals surface area contributed by atoms with Crippen LogP contribution in [0.3, 0.4) is 0 Å². The van der Waals surface area contributed by atoms with E-state index in [-0.39, 0.29) is 6.10 Å². The van der Waals surface area contributed by atoms with Gasteiger partial charge in [0, 0.05) is 39.8 Å². The number of nitrogens with one attached hydrogen (secondary N) is 1. The maximum atomic E-state index is 5.86. The molecule has 21 heavy (non-hydrogen) atoms. The third-order valence-corrected chi connectivity index (χ3v) is 4.02. The summed E-state index contributed by atoms with van der Waals surface area (Å²) in [5.74, 6) is 0.999. The number of rotatable bonds is 4. The van der Waals surface area contributed by atoms with Crippen molar-refractivity contribution in [1.29, 1.82) is 0 Å². The molecule has 0 bridgehead atoms. The van der Waals surface area contributed by atoms with Crippen LogP contribution in [0.4, 0.5) is 0 Å². The number of benzene rings is 1. The van der Waals surface area contributed by atoms with E-state index in [9.17, 15) is 0 Å². The first-order valence-electron chi connectivity index (χ1n) is 7.68. The maximum absolute atomic E-state index is 5.86. The molecule has 0 saturated carbocycles. The minimum Gasteiger partial charge on any atom is -0.374 e. The highest BCUT2D eigenvalue weighted by molar-refractivity contribution is 5.81. The largest absolute Gasteiger partial charge is 0.374 e. The number of guanidine groups is 1. The van der Waals surface area contributed by atoms with Gasteiger partial charge < -0.3 is 15.0 Å². The highest BCUT2D eigenvalue weighted by atomic mass is 16.5. The molecule has 2 aliphatic rings. The molecule has 0 radical (unpaired) electrons. The Morgan fingerprint density at radius 1 is 1.29 bits per heavy atom. The van der Waals surface area contributed by atoms with Crippen LogP contribution in [0.5, 0.6) is 0 Å². The monoisotopic (exact) mass is 288 g/mol. The minimum atomic E-state index is 0.235. The van der Waals surface area contributed by atoms with E-state index in [1.165, 1.54) is 5.56 Å². The van der Waals surface area contributed by atoms with E-state index in [4.69, 9.17) is 4.74 Å². The molecule has 0 aliphatic carbocycles. The normalized spacial score (nSPS) is 23.2. The first-order valence-corrected chi connectivity index (χ1v) is 7.68. The molecule has 0 aromatic heterocycles. The first-order chi connectivity index (χ1) is 10.3. The zero-order valence-corrected chi connectivity index (χ0v) is 12.7. The summed E-state index contributed by atoms with van der Waals surface area (Å²) in [4.78, 5) is 9.07. The lowest BCUT2D eigenvalue weighted by molar-refractivity contribution is -0.0282. The lowest BCUT2D eigenvalue weighted by atomic mass is 10.2. The number of aliphatic imine (C=N–C) groups is 1. The summed E-state index contributed by atoms with van der Waals surface area (Å²) >= 11 is 0. The Morgan fingerprint density at radius 2 is 2.14 bits per heavy atom. The smallest absolute Gasteiger partial charge is 0.193 e. The molecule has 1 unspecified atom stereocenters. The molecule has 1 fully saturated rings. The number of ether oxygens (including phenoxy) is 1. The number of hydrogen-bond donors (Lipinski definition) is 1. The van der Waals surface area contributed by atoms with Crippen molar-refractivity contribution < 1.29 is 4.74 Å². The van der Waals surface area contributed by atoms with Crippen LogP contribution in [-0.2, 0) is 11.3 Å². The molecule has 114 valence electrons. The average Bonchev–Trinajstić information content (AvgIpc) is 2.92. The Kier molecular flexibility index (Phi) is 4.72. The predicted octanol–water partition coefficient (Wildman–Crippen LogP) is 0.778. The van der Waals surface area contributed by atoms with Crippen molar-refractivity contribution >= 4 is 5.96 Å². The van der Waals surface area contributed by atoms with Crippen molar-refractivity contribution in [2.45, 2.75) is 12.6 Å². The van der Waals surface area contributed by atoms with Gasteiger partial charge in [-0.3, -0.25) is 9.89 Å². The fourth-order valence-corrected chi connectivity index (χ4v) is 2.82. The van der Waals surface area contributed by atoms with Crippen LogP contribution in [0, 0.1) is 0 Å². The van der Waals surface area contributed by atoms with Crippen LogP contribution in [0.1, 0.15) is 5.56 Å². The van der Waals surface area contributed by atoms with Gasteiger partial charge in [-0.05, 0) is 5.56 Å². The van der Waals surface area contributed by atoms with Crippen molar-refractivity contribution in [3.8, 4) is 0 Å². The van der Waals surface area contributed by atoms with Crippen molar-refractivity contribution in [2.24, 2.45) is 4.99 Å². The maximum Gasteiger partial charge on any atom is 0.193 e. The summed E-state index contributed by atoms with van der Waals surface area (Å²) in [6, 6.07) is 10.6. The SMILES string of the molecule is CN1CCN=C1NCC1CN(Cc2ccccc2)CCO1. The molecule has 2 aliphatic heterocycles. The molecule has 1 saturated heterocycles. The summed E-state index contributed by atoms with van der Waals surface area (Å²) in [6.07, 6.45) is 0.235. The van der Waals surface area contributed by atoms with Gasteiger partial charge in [-0.2, -0.15) is 0 Å². The van der Waals surface area contributed by atoms with Crippen molar-refractivity contribution in [3.63, 3.8) is 0 Å². The van der Waals surface area contributed by atoms with Crippen LogP contribution in [0.15, 0.2) is 35.3 Å². The summed E-state index contributed by atoms with van der Waals surface area (Å²) in [6.45, 7) is 6.51. The van der Waals surface area contributed by atoms with Gasteiger partial charge in [-0.25, -0.2) is 0 Å². The summed E-state index contributed by atoms with van der Waals surface area (Å²) in [5.41, 5.74) is 1.37. The number of morpholine rings is 1. The molecule has 5 heteroatoms. The van der Waals surface area contributed by atoms with E-state index in [0.29, 0.717) is 0 Å². The average molecular weight is 288 g/mol. The van der Waals surface area contributed by atoms with Gasteiger partial charge in [-0.15, -0.1) is 0 Å². The Morgan fingerprint density at radius 3 is 2.90 bits per heavy atom. The molecule has 1 aromatic carbocycles. The van der Waals surface area contributed by atoms with E-state index in [1.807, 2.05) is 0 Å². The fraction of sp³-hybridized carbons (Fsp3) is 0.562. The van der Waals surface area contributed by atoms with Crippen molar-refractivity contribution in [2.75, 3.05) is 46.4 Å². The van der Waals surface area contributed by atoms with Crippen LogP contribution in [0.25, 0.3) is 0 Å². The lowest BCUT2D eigenvalue weighted by Crippen LogP contribution is -2.48. The molecule has 1 N–H and O–H groups in total. The molecule has 1 atom stereocenters. The Balaban J connectivity index is 1.47. The topological polar surface area (TPSA) is 40.1 Å². The van der Waals surface area contributed by atoms with Gasteiger partial charge in [0.25, 0.3) is 0 Å². The van der Waals surface area contributed by atoms with Gasteiger partial charge in [-0.1, -0.05) is 30.3 Å². The van der Waals surface area contributed by atoms with Crippen LogP contribution in [-0.4, -0.2) is 68.2 Å². The second-order valence-electron chi connectivity index (χ2n) is 5.72. The van der Waals surface area contributed by atoms with E-state index in [1.54, 1.807) is 0 Å².